The Hall–Kier alpha value is -1.84. The second-order valence-electron chi connectivity index (χ2n) is 7.11. The van der Waals surface area contributed by atoms with E-state index in [1.807, 2.05) is 19.1 Å². The predicted molar refractivity (Wildman–Crippen MR) is 97.4 cm³/mol. The lowest BCUT2D eigenvalue weighted by Gasteiger charge is -2.32. The number of carbonyl (C=O) groups excluding carboxylic acids is 2. The van der Waals surface area contributed by atoms with Gasteiger partial charge in [0.25, 0.3) is 0 Å². The van der Waals surface area contributed by atoms with Gasteiger partial charge in [-0.2, -0.15) is 0 Å². The van der Waals surface area contributed by atoms with Crippen LogP contribution in [0.1, 0.15) is 74.2 Å². The van der Waals surface area contributed by atoms with Crippen molar-refractivity contribution in [1.82, 2.24) is 0 Å². The van der Waals surface area contributed by atoms with Gasteiger partial charge >= 0.3 is 11.9 Å². The second-order valence-corrected chi connectivity index (χ2v) is 7.11. The average Bonchev–Trinajstić information content (AvgIpc) is 3.02. The molecule has 0 saturated heterocycles. The summed E-state index contributed by atoms with van der Waals surface area (Å²) in [5, 5.41) is 0. The molecule has 1 saturated carbocycles. The van der Waals surface area contributed by atoms with Crippen molar-refractivity contribution in [2.24, 2.45) is 5.41 Å². The zero-order chi connectivity index (χ0) is 18.3. The van der Waals surface area contributed by atoms with Crippen LogP contribution in [0.4, 0.5) is 0 Å². The molecule has 0 amide bonds. The topological polar surface area (TPSA) is 52.6 Å². The van der Waals surface area contributed by atoms with Crippen LogP contribution in [-0.2, 0) is 14.3 Å². The standard InChI is InChI=1S/C21H30O4/c1-4-5-6-7-14-21(20(23)24-3)15-8-9-18(21)25-19(22)17-12-10-16(2)11-13-17/h10-13,18H,4-9,14-15H2,1-3H3. The van der Waals surface area contributed by atoms with Crippen LogP contribution < -0.4 is 0 Å². The maximum Gasteiger partial charge on any atom is 0.338 e. The molecule has 0 spiro atoms. The Morgan fingerprint density at radius 3 is 2.52 bits per heavy atom. The Kier molecular flexibility index (Phi) is 7.03. The lowest BCUT2D eigenvalue weighted by Crippen LogP contribution is -2.42. The first kappa shape index (κ1) is 19.5. The van der Waals surface area contributed by atoms with Gasteiger partial charge in [0.1, 0.15) is 11.5 Å². The molecule has 2 atom stereocenters. The summed E-state index contributed by atoms with van der Waals surface area (Å²) in [6.07, 6.45) is 7.03. The molecule has 1 aliphatic rings. The van der Waals surface area contributed by atoms with Crippen LogP contribution >= 0.6 is 0 Å². The third kappa shape index (κ3) is 4.62. The van der Waals surface area contributed by atoms with Gasteiger partial charge in [-0.1, -0.05) is 50.3 Å². The number of benzene rings is 1. The smallest absolute Gasteiger partial charge is 0.338 e. The highest BCUT2D eigenvalue weighted by Crippen LogP contribution is 2.45. The van der Waals surface area contributed by atoms with Crippen molar-refractivity contribution in [3.63, 3.8) is 0 Å². The van der Waals surface area contributed by atoms with Crippen LogP contribution in [0.2, 0.25) is 0 Å². The lowest BCUT2D eigenvalue weighted by molar-refractivity contribution is -0.159. The van der Waals surface area contributed by atoms with E-state index in [2.05, 4.69) is 6.92 Å². The van der Waals surface area contributed by atoms with E-state index in [1.54, 1.807) is 12.1 Å². The molecular weight excluding hydrogens is 316 g/mol. The molecule has 0 radical (unpaired) electrons. The molecule has 0 heterocycles. The van der Waals surface area contributed by atoms with Crippen molar-refractivity contribution in [3.8, 4) is 0 Å². The van der Waals surface area contributed by atoms with E-state index >= 15 is 0 Å². The van der Waals surface area contributed by atoms with Crippen LogP contribution in [0.15, 0.2) is 24.3 Å². The number of unbranched alkanes of at least 4 members (excludes halogenated alkanes) is 3. The Morgan fingerprint density at radius 2 is 1.88 bits per heavy atom. The molecule has 1 aromatic rings. The van der Waals surface area contributed by atoms with Crippen LogP contribution in [-0.4, -0.2) is 25.2 Å². The number of hydrogen-bond acceptors (Lipinski definition) is 4. The molecular formula is C21H30O4. The van der Waals surface area contributed by atoms with Crippen molar-refractivity contribution in [3.05, 3.63) is 35.4 Å². The fourth-order valence-electron chi connectivity index (χ4n) is 3.79. The molecule has 138 valence electrons. The number of hydrogen-bond donors (Lipinski definition) is 0. The van der Waals surface area contributed by atoms with E-state index < -0.39 is 11.5 Å². The van der Waals surface area contributed by atoms with E-state index in [1.165, 1.54) is 7.11 Å². The average molecular weight is 346 g/mol. The normalized spacial score (nSPS) is 22.6. The minimum Gasteiger partial charge on any atom is -0.468 e. The highest BCUT2D eigenvalue weighted by atomic mass is 16.6. The highest BCUT2D eigenvalue weighted by Gasteiger charge is 2.51. The van der Waals surface area contributed by atoms with Crippen LogP contribution in [0, 0.1) is 12.3 Å². The molecule has 1 aliphatic carbocycles. The molecule has 0 bridgehead atoms. The van der Waals surface area contributed by atoms with Gasteiger partial charge in [0.15, 0.2) is 0 Å². The van der Waals surface area contributed by atoms with E-state index in [-0.39, 0.29) is 11.9 Å². The third-order valence-corrected chi connectivity index (χ3v) is 5.31. The Labute approximate surface area is 150 Å². The molecule has 4 heteroatoms. The number of methoxy groups -OCH3 is 1. The largest absolute Gasteiger partial charge is 0.468 e. The predicted octanol–water partition coefficient (Wildman–Crippen LogP) is 4.83. The Morgan fingerprint density at radius 1 is 1.16 bits per heavy atom. The zero-order valence-electron chi connectivity index (χ0n) is 15.7. The first-order valence-electron chi connectivity index (χ1n) is 9.39. The number of ether oxygens (including phenoxy) is 2. The van der Waals surface area contributed by atoms with Gasteiger partial charge in [0.2, 0.25) is 0 Å². The number of esters is 2. The summed E-state index contributed by atoms with van der Waals surface area (Å²) in [6, 6.07) is 7.33. The lowest BCUT2D eigenvalue weighted by atomic mass is 9.79. The first-order valence-corrected chi connectivity index (χ1v) is 9.39. The number of rotatable bonds is 8. The summed E-state index contributed by atoms with van der Waals surface area (Å²) in [4.78, 5) is 25.1. The highest BCUT2D eigenvalue weighted by molar-refractivity contribution is 5.90. The number of aryl methyl sites for hydroxylation is 1. The summed E-state index contributed by atoms with van der Waals surface area (Å²) >= 11 is 0. The van der Waals surface area contributed by atoms with Crippen LogP contribution in [0.5, 0.6) is 0 Å². The SMILES string of the molecule is CCCCCCC1(C(=O)OC)CCCC1OC(=O)c1ccc(C)cc1. The second kappa shape index (κ2) is 9.02. The van der Waals surface area contributed by atoms with Gasteiger partial charge in [-0.3, -0.25) is 4.79 Å². The van der Waals surface area contributed by atoms with Crippen molar-refractivity contribution >= 4 is 11.9 Å². The molecule has 1 aromatic carbocycles. The van der Waals surface area contributed by atoms with Crippen molar-refractivity contribution < 1.29 is 19.1 Å². The molecule has 2 rings (SSSR count). The Balaban J connectivity index is 2.11. The minimum atomic E-state index is -0.678. The summed E-state index contributed by atoms with van der Waals surface area (Å²) in [5.74, 6) is -0.586. The summed E-state index contributed by atoms with van der Waals surface area (Å²) in [5.41, 5.74) is 0.947. The third-order valence-electron chi connectivity index (χ3n) is 5.31. The van der Waals surface area contributed by atoms with Crippen LogP contribution in [0.25, 0.3) is 0 Å². The van der Waals surface area contributed by atoms with Crippen molar-refractivity contribution in [2.45, 2.75) is 71.3 Å². The van der Waals surface area contributed by atoms with Gasteiger partial charge < -0.3 is 9.47 Å². The van der Waals surface area contributed by atoms with Gasteiger partial charge in [-0.05, 0) is 44.7 Å². The van der Waals surface area contributed by atoms with E-state index in [9.17, 15) is 9.59 Å². The van der Waals surface area contributed by atoms with Gasteiger partial charge in [0, 0.05) is 0 Å². The minimum absolute atomic E-state index is 0.233. The fraction of sp³-hybridized carbons (Fsp3) is 0.619. The fourth-order valence-corrected chi connectivity index (χ4v) is 3.79. The van der Waals surface area contributed by atoms with E-state index in [4.69, 9.17) is 9.47 Å². The van der Waals surface area contributed by atoms with Gasteiger partial charge in [-0.15, -0.1) is 0 Å². The molecule has 1 fully saturated rings. The Bertz CT molecular complexity index is 578. The number of carbonyl (C=O) groups is 2. The van der Waals surface area contributed by atoms with Gasteiger partial charge in [-0.25, -0.2) is 4.79 Å². The molecule has 0 aromatic heterocycles. The molecule has 2 unspecified atom stereocenters. The molecule has 0 aliphatic heterocycles. The van der Waals surface area contributed by atoms with Crippen molar-refractivity contribution in [2.75, 3.05) is 7.11 Å². The quantitative estimate of drug-likeness (QED) is 0.499. The van der Waals surface area contributed by atoms with Gasteiger partial charge in [0.05, 0.1) is 12.7 Å². The van der Waals surface area contributed by atoms with E-state index in [0.29, 0.717) is 5.56 Å². The first-order chi connectivity index (χ1) is 12.0. The van der Waals surface area contributed by atoms with E-state index in [0.717, 1.165) is 56.9 Å². The summed E-state index contributed by atoms with van der Waals surface area (Å²) < 4.78 is 10.9. The monoisotopic (exact) mass is 346 g/mol. The van der Waals surface area contributed by atoms with Crippen LogP contribution in [0.3, 0.4) is 0 Å². The summed E-state index contributed by atoms with van der Waals surface area (Å²) in [6.45, 7) is 4.14. The van der Waals surface area contributed by atoms with Crippen molar-refractivity contribution in [1.29, 1.82) is 0 Å². The maximum absolute atomic E-state index is 12.6. The molecule has 0 N–H and O–H groups in total. The summed E-state index contributed by atoms with van der Waals surface area (Å²) in [7, 11) is 1.42. The maximum atomic E-state index is 12.6. The zero-order valence-corrected chi connectivity index (χ0v) is 15.7. The molecule has 25 heavy (non-hydrogen) atoms. The molecule has 4 nitrogen and oxygen atoms in total.